The third-order valence-electron chi connectivity index (χ3n) is 5.77. The fourth-order valence-corrected chi connectivity index (χ4v) is 5.45. The molecule has 3 rings (SSSR count). The molecule has 32 heavy (non-hydrogen) atoms. The molecule has 0 aliphatic carbocycles. The summed E-state index contributed by atoms with van der Waals surface area (Å²) in [6.07, 6.45) is 2.65. The monoisotopic (exact) mass is 474 g/mol. The van der Waals surface area contributed by atoms with Gasteiger partial charge in [0.2, 0.25) is 0 Å². The summed E-state index contributed by atoms with van der Waals surface area (Å²) in [5, 5.41) is 9.63. The van der Waals surface area contributed by atoms with Gasteiger partial charge in [-0.1, -0.05) is 37.8 Å². The van der Waals surface area contributed by atoms with Crippen LogP contribution in [0.3, 0.4) is 0 Å². The highest BCUT2D eigenvalue weighted by Crippen LogP contribution is 2.36. The van der Waals surface area contributed by atoms with Crippen molar-refractivity contribution in [2.24, 2.45) is 13.0 Å². The molecule has 172 valence electrons. The van der Waals surface area contributed by atoms with E-state index in [9.17, 15) is 14.9 Å². The van der Waals surface area contributed by atoms with Gasteiger partial charge in [0, 0.05) is 32.2 Å². The Balaban J connectivity index is 2.12. The van der Waals surface area contributed by atoms with Crippen molar-refractivity contribution in [3.8, 4) is 6.07 Å². The van der Waals surface area contributed by atoms with Gasteiger partial charge in [0.15, 0.2) is 0 Å². The van der Waals surface area contributed by atoms with E-state index in [1.807, 2.05) is 19.9 Å². The number of nitriles is 1. The average Bonchev–Trinajstić information content (AvgIpc) is 2.97. The highest BCUT2D eigenvalue weighted by molar-refractivity contribution is 8.26. The van der Waals surface area contributed by atoms with E-state index in [0.717, 1.165) is 6.42 Å². The van der Waals surface area contributed by atoms with Crippen molar-refractivity contribution in [3.05, 3.63) is 31.9 Å². The first kappa shape index (κ1) is 24.5. The van der Waals surface area contributed by atoms with Crippen molar-refractivity contribution in [2.45, 2.75) is 53.2 Å². The molecular formula is C23H30N4O3S2. The first-order valence-electron chi connectivity index (χ1n) is 10.8. The van der Waals surface area contributed by atoms with Gasteiger partial charge < -0.3 is 9.64 Å². The summed E-state index contributed by atoms with van der Waals surface area (Å²) in [4.78, 5) is 30.3. The molecule has 0 N–H and O–H groups in total. The molecule has 2 atom stereocenters. The maximum absolute atomic E-state index is 13.1. The predicted molar refractivity (Wildman–Crippen MR) is 133 cm³/mol. The lowest BCUT2D eigenvalue weighted by atomic mass is 10.0. The number of pyridine rings is 1. The molecule has 3 heterocycles. The second-order valence-electron chi connectivity index (χ2n) is 8.89. The second kappa shape index (κ2) is 9.77. The first-order valence-corrected chi connectivity index (χ1v) is 12.1. The predicted octanol–water partition coefficient (Wildman–Crippen LogP) is 3.43. The Morgan fingerprint density at radius 3 is 2.47 bits per heavy atom. The maximum Gasteiger partial charge on any atom is 0.270 e. The molecule has 1 aromatic rings. The number of rotatable bonds is 5. The highest BCUT2D eigenvalue weighted by Gasteiger charge is 2.33. The summed E-state index contributed by atoms with van der Waals surface area (Å²) >= 11 is 6.74. The van der Waals surface area contributed by atoms with Gasteiger partial charge in [-0.3, -0.25) is 19.1 Å². The van der Waals surface area contributed by atoms with E-state index >= 15 is 0 Å². The molecule has 0 aromatic carbocycles. The number of nitrogens with zero attached hydrogens (tertiary/aromatic N) is 4. The Bertz CT molecular complexity index is 1060. The van der Waals surface area contributed by atoms with Crippen molar-refractivity contribution in [3.63, 3.8) is 0 Å². The van der Waals surface area contributed by atoms with E-state index in [1.54, 1.807) is 24.9 Å². The number of thioether (sulfide) groups is 1. The Morgan fingerprint density at radius 2 is 1.91 bits per heavy atom. The van der Waals surface area contributed by atoms with Crippen LogP contribution < -0.4 is 10.5 Å². The molecule has 2 fully saturated rings. The zero-order valence-electron chi connectivity index (χ0n) is 19.5. The van der Waals surface area contributed by atoms with E-state index in [1.165, 1.54) is 16.3 Å². The van der Waals surface area contributed by atoms with Crippen LogP contribution in [0, 0.1) is 24.2 Å². The third-order valence-corrected chi connectivity index (χ3v) is 7.14. The molecule has 0 spiro atoms. The van der Waals surface area contributed by atoms with Gasteiger partial charge in [-0.15, -0.1) is 0 Å². The highest BCUT2D eigenvalue weighted by atomic mass is 32.2. The minimum absolute atomic E-state index is 0.00750. The van der Waals surface area contributed by atoms with Crippen molar-refractivity contribution in [1.29, 1.82) is 5.26 Å². The van der Waals surface area contributed by atoms with Gasteiger partial charge in [-0.05, 0) is 44.7 Å². The zero-order chi connectivity index (χ0) is 23.7. The minimum Gasteiger partial charge on any atom is -0.372 e. The molecule has 2 aliphatic heterocycles. The van der Waals surface area contributed by atoms with E-state index in [4.69, 9.17) is 17.0 Å². The van der Waals surface area contributed by atoms with E-state index in [0.29, 0.717) is 51.7 Å². The number of carbonyl (C=O) groups excluding carboxylic acids is 1. The molecule has 2 saturated heterocycles. The van der Waals surface area contributed by atoms with Crippen molar-refractivity contribution >= 4 is 46.1 Å². The maximum atomic E-state index is 13.1. The lowest BCUT2D eigenvalue weighted by Crippen LogP contribution is -2.47. The van der Waals surface area contributed by atoms with Crippen LogP contribution in [0.4, 0.5) is 5.82 Å². The average molecular weight is 475 g/mol. The summed E-state index contributed by atoms with van der Waals surface area (Å²) in [7, 11) is 1.67. The van der Waals surface area contributed by atoms with Crippen LogP contribution in [0.15, 0.2) is 9.70 Å². The standard InChI is InChI=1S/C23H30N4O3S2/c1-13(2)7-8-27-22(29)19(32-23(27)31)9-17-16(5)18(10-24)21(28)25(6)20(17)26-11-14(3)30-15(4)12-26/h9,13-15H,7-8,11-12H2,1-6H3/b19-9-. The van der Waals surface area contributed by atoms with Crippen LogP contribution in [0.25, 0.3) is 6.08 Å². The Morgan fingerprint density at radius 1 is 1.28 bits per heavy atom. The van der Waals surface area contributed by atoms with Crippen molar-refractivity contribution < 1.29 is 9.53 Å². The lowest BCUT2D eigenvalue weighted by molar-refractivity contribution is -0.122. The van der Waals surface area contributed by atoms with Crippen LogP contribution in [-0.4, -0.2) is 51.5 Å². The molecule has 0 bridgehead atoms. The normalized spacial score (nSPS) is 22.9. The number of thiocarbonyl (C=S) groups is 1. The lowest BCUT2D eigenvalue weighted by Gasteiger charge is -2.38. The first-order chi connectivity index (χ1) is 15.0. The van der Waals surface area contributed by atoms with Gasteiger partial charge in [0.1, 0.15) is 21.8 Å². The fourth-order valence-electron chi connectivity index (χ4n) is 4.16. The molecule has 9 heteroatoms. The quantitative estimate of drug-likeness (QED) is 0.478. The zero-order valence-corrected chi connectivity index (χ0v) is 21.1. The van der Waals surface area contributed by atoms with Crippen LogP contribution in [-0.2, 0) is 16.6 Å². The van der Waals surface area contributed by atoms with Crippen molar-refractivity contribution in [1.82, 2.24) is 9.47 Å². The van der Waals surface area contributed by atoms with Crippen LogP contribution >= 0.6 is 24.0 Å². The van der Waals surface area contributed by atoms with E-state index < -0.39 is 0 Å². The Labute approximate surface area is 199 Å². The molecular weight excluding hydrogens is 444 g/mol. The SMILES string of the molecule is Cc1c(/C=C2\SC(=S)N(CCC(C)C)C2=O)c(N2CC(C)OC(C)C2)n(C)c(=O)c1C#N. The molecule has 7 nitrogen and oxygen atoms in total. The molecule has 2 unspecified atom stereocenters. The Hall–Kier alpha value is -2.15. The van der Waals surface area contributed by atoms with Gasteiger partial charge in [-0.2, -0.15) is 5.26 Å². The second-order valence-corrected chi connectivity index (χ2v) is 10.6. The summed E-state index contributed by atoms with van der Waals surface area (Å²) in [6.45, 7) is 11.8. The van der Waals surface area contributed by atoms with Gasteiger partial charge >= 0.3 is 0 Å². The summed E-state index contributed by atoms with van der Waals surface area (Å²) in [5.41, 5.74) is 1.03. The molecule has 0 saturated carbocycles. The van der Waals surface area contributed by atoms with E-state index in [-0.39, 0.29) is 29.2 Å². The number of aromatic nitrogens is 1. The fraction of sp³-hybridized carbons (Fsp3) is 0.565. The number of ether oxygens (including phenoxy) is 1. The van der Waals surface area contributed by atoms with Gasteiger partial charge in [0.25, 0.3) is 11.5 Å². The minimum atomic E-state index is -0.339. The van der Waals surface area contributed by atoms with Crippen LogP contribution in [0.2, 0.25) is 0 Å². The summed E-state index contributed by atoms with van der Waals surface area (Å²) in [5.74, 6) is 1.03. The largest absolute Gasteiger partial charge is 0.372 e. The number of morpholine rings is 1. The Kier molecular flexibility index (Phi) is 7.48. The molecule has 1 aromatic heterocycles. The van der Waals surface area contributed by atoms with E-state index in [2.05, 4.69) is 18.7 Å². The molecule has 2 aliphatic rings. The number of hydrogen-bond donors (Lipinski definition) is 0. The van der Waals surface area contributed by atoms with Crippen LogP contribution in [0.1, 0.15) is 50.8 Å². The molecule has 1 amide bonds. The number of carbonyl (C=O) groups is 1. The van der Waals surface area contributed by atoms with Gasteiger partial charge in [0.05, 0.1) is 17.1 Å². The van der Waals surface area contributed by atoms with Gasteiger partial charge in [-0.25, -0.2) is 0 Å². The topological polar surface area (TPSA) is 78.6 Å². The number of anilines is 1. The smallest absolute Gasteiger partial charge is 0.270 e. The summed E-state index contributed by atoms with van der Waals surface area (Å²) < 4.78 is 7.93. The number of amides is 1. The molecule has 0 radical (unpaired) electrons. The summed E-state index contributed by atoms with van der Waals surface area (Å²) in [6, 6.07) is 2.05. The third kappa shape index (κ3) is 4.77. The number of hydrogen-bond acceptors (Lipinski definition) is 7. The van der Waals surface area contributed by atoms with Crippen LogP contribution in [0.5, 0.6) is 0 Å². The van der Waals surface area contributed by atoms with Crippen molar-refractivity contribution in [2.75, 3.05) is 24.5 Å².